The van der Waals surface area contributed by atoms with E-state index in [1.54, 1.807) is 0 Å². The number of unbranched alkanes of at least 4 members (excludes halogenated alkanes) is 16. The van der Waals surface area contributed by atoms with Gasteiger partial charge in [0.2, 0.25) is 0 Å². The Hall–Kier alpha value is 0.350. The van der Waals surface area contributed by atoms with E-state index in [1.807, 2.05) is 0 Å². The molecule has 27 heavy (non-hydrogen) atoms. The van der Waals surface area contributed by atoms with Crippen LogP contribution in [0.4, 0.5) is 0 Å². The lowest BCUT2D eigenvalue weighted by Crippen LogP contribution is -2.04. The average molecular weight is 399 g/mol. The molecule has 0 saturated carbocycles. The highest BCUT2D eigenvalue weighted by atomic mass is 32.2. The molecule has 0 saturated heterocycles. The minimum Gasteiger partial charge on any atom is -0.159 e. The molecule has 0 aliphatic carbocycles. The van der Waals surface area contributed by atoms with Gasteiger partial charge in [0.25, 0.3) is 0 Å². The van der Waals surface area contributed by atoms with Crippen molar-refractivity contribution in [2.24, 2.45) is 0 Å². The van der Waals surface area contributed by atoms with Crippen molar-refractivity contribution >= 4 is 11.8 Å². The van der Waals surface area contributed by atoms with Crippen LogP contribution in [0.1, 0.15) is 156 Å². The van der Waals surface area contributed by atoms with Crippen LogP contribution in [0, 0.1) is 0 Å². The Kier molecular flexibility index (Phi) is 24.7. The van der Waals surface area contributed by atoms with E-state index in [1.165, 1.54) is 141 Å². The van der Waals surface area contributed by atoms with Gasteiger partial charge in [0, 0.05) is 5.25 Å². The molecule has 0 N–H and O–H groups in total. The number of hydrogen-bond donors (Lipinski definition) is 0. The van der Waals surface area contributed by atoms with Gasteiger partial charge in [-0.3, -0.25) is 0 Å². The van der Waals surface area contributed by atoms with Crippen molar-refractivity contribution in [3.63, 3.8) is 0 Å². The number of hydrogen-bond acceptors (Lipinski definition) is 1. The van der Waals surface area contributed by atoms with Crippen molar-refractivity contribution < 1.29 is 0 Å². The van der Waals surface area contributed by atoms with Gasteiger partial charge in [-0.25, -0.2) is 0 Å². The summed E-state index contributed by atoms with van der Waals surface area (Å²) in [7, 11) is 0. The lowest BCUT2D eigenvalue weighted by Gasteiger charge is -2.17. The molecule has 0 heterocycles. The zero-order valence-electron chi connectivity index (χ0n) is 19.5. The largest absolute Gasteiger partial charge is 0.159 e. The first-order valence-electron chi connectivity index (χ1n) is 13.0. The van der Waals surface area contributed by atoms with E-state index >= 15 is 0 Å². The van der Waals surface area contributed by atoms with Crippen molar-refractivity contribution in [2.75, 3.05) is 5.75 Å². The summed E-state index contributed by atoms with van der Waals surface area (Å²) in [5.74, 6) is 1.41. The second-order valence-corrected chi connectivity index (χ2v) is 10.1. The number of thioether (sulfide) groups is 1. The molecule has 1 atom stereocenters. The maximum absolute atomic E-state index is 2.32. The van der Waals surface area contributed by atoms with Gasteiger partial charge in [-0.05, 0) is 25.0 Å². The van der Waals surface area contributed by atoms with Crippen molar-refractivity contribution in [2.45, 2.75) is 161 Å². The van der Waals surface area contributed by atoms with Crippen LogP contribution in [-0.2, 0) is 0 Å². The SMILES string of the molecule is CCCCCCCCCCCC(CCCCCCCC)SCCCCCC. The van der Waals surface area contributed by atoms with Gasteiger partial charge in [-0.15, -0.1) is 0 Å². The van der Waals surface area contributed by atoms with Gasteiger partial charge >= 0.3 is 0 Å². The highest BCUT2D eigenvalue weighted by Crippen LogP contribution is 2.25. The summed E-state index contributed by atoms with van der Waals surface area (Å²) >= 11 is 2.32. The van der Waals surface area contributed by atoms with Crippen LogP contribution in [0.5, 0.6) is 0 Å². The van der Waals surface area contributed by atoms with Crippen LogP contribution in [0.25, 0.3) is 0 Å². The Morgan fingerprint density at radius 3 is 1.15 bits per heavy atom. The highest BCUT2D eigenvalue weighted by Gasteiger charge is 2.09. The molecule has 0 aliphatic rings. The molecule has 1 unspecified atom stereocenters. The zero-order valence-corrected chi connectivity index (χ0v) is 20.4. The predicted molar refractivity (Wildman–Crippen MR) is 130 cm³/mol. The van der Waals surface area contributed by atoms with Crippen molar-refractivity contribution in [1.29, 1.82) is 0 Å². The van der Waals surface area contributed by atoms with Crippen LogP contribution in [0.15, 0.2) is 0 Å². The first-order chi connectivity index (χ1) is 13.3. The van der Waals surface area contributed by atoms with Crippen LogP contribution in [0.2, 0.25) is 0 Å². The first kappa shape index (κ1) is 27.4. The number of rotatable bonds is 23. The van der Waals surface area contributed by atoms with Crippen LogP contribution < -0.4 is 0 Å². The Morgan fingerprint density at radius 2 is 0.741 bits per heavy atom. The Bertz CT molecular complexity index is 251. The maximum atomic E-state index is 2.32. The molecular weight excluding hydrogens is 344 g/mol. The second-order valence-electron chi connectivity index (χ2n) is 8.73. The molecule has 0 aromatic rings. The Balaban J connectivity index is 3.73. The third-order valence-electron chi connectivity index (χ3n) is 5.86. The summed E-state index contributed by atoms with van der Waals surface area (Å²) in [5.41, 5.74) is 0. The summed E-state index contributed by atoms with van der Waals surface area (Å²) in [6.07, 6.45) is 30.5. The highest BCUT2D eigenvalue weighted by molar-refractivity contribution is 7.99. The standard InChI is InChI=1S/C26H54S/c1-4-7-10-13-15-16-17-19-21-24-26(27-25-22-12-9-6-3)23-20-18-14-11-8-5-2/h26H,4-25H2,1-3H3. The fraction of sp³-hybridized carbons (Fsp3) is 1.00. The van der Waals surface area contributed by atoms with Crippen molar-refractivity contribution in [1.82, 2.24) is 0 Å². The first-order valence-corrected chi connectivity index (χ1v) is 14.0. The molecule has 0 amide bonds. The minimum absolute atomic E-state index is 0.961. The van der Waals surface area contributed by atoms with E-state index < -0.39 is 0 Å². The van der Waals surface area contributed by atoms with E-state index in [0.29, 0.717) is 0 Å². The van der Waals surface area contributed by atoms with E-state index in [0.717, 1.165) is 5.25 Å². The van der Waals surface area contributed by atoms with Crippen LogP contribution >= 0.6 is 11.8 Å². The fourth-order valence-electron chi connectivity index (χ4n) is 3.92. The summed E-state index contributed by atoms with van der Waals surface area (Å²) in [4.78, 5) is 0. The van der Waals surface area contributed by atoms with Crippen molar-refractivity contribution in [3.05, 3.63) is 0 Å². The third-order valence-corrected chi connectivity index (χ3v) is 7.33. The van der Waals surface area contributed by atoms with Gasteiger partial charge < -0.3 is 0 Å². The normalized spacial score (nSPS) is 12.6. The molecule has 0 nitrogen and oxygen atoms in total. The summed E-state index contributed by atoms with van der Waals surface area (Å²) in [6.45, 7) is 6.94. The second kappa shape index (κ2) is 24.4. The van der Waals surface area contributed by atoms with E-state index in [9.17, 15) is 0 Å². The van der Waals surface area contributed by atoms with Gasteiger partial charge in [0.05, 0.1) is 0 Å². The van der Waals surface area contributed by atoms with E-state index in [2.05, 4.69) is 32.5 Å². The zero-order chi connectivity index (χ0) is 19.8. The molecule has 0 spiro atoms. The summed E-state index contributed by atoms with van der Waals surface area (Å²) in [5, 5.41) is 0.961. The molecule has 0 aromatic heterocycles. The van der Waals surface area contributed by atoms with Crippen molar-refractivity contribution in [3.8, 4) is 0 Å². The fourth-order valence-corrected chi connectivity index (χ4v) is 5.30. The molecule has 0 fully saturated rings. The molecule has 0 bridgehead atoms. The molecular formula is C26H54S. The molecule has 0 rings (SSSR count). The van der Waals surface area contributed by atoms with Gasteiger partial charge in [-0.2, -0.15) is 11.8 Å². The molecule has 0 aromatic carbocycles. The molecule has 1 heteroatoms. The Morgan fingerprint density at radius 1 is 0.407 bits per heavy atom. The van der Waals surface area contributed by atoms with Gasteiger partial charge in [-0.1, -0.05) is 136 Å². The smallest absolute Gasteiger partial charge is 0.00470 e. The predicted octanol–water partition coefficient (Wildman–Crippen LogP) is 10.3. The third kappa shape index (κ3) is 22.5. The Labute approximate surface area is 178 Å². The summed E-state index contributed by atoms with van der Waals surface area (Å²) < 4.78 is 0. The minimum atomic E-state index is 0.961. The van der Waals surface area contributed by atoms with Crippen LogP contribution in [-0.4, -0.2) is 11.0 Å². The van der Waals surface area contributed by atoms with E-state index in [-0.39, 0.29) is 0 Å². The lowest BCUT2D eigenvalue weighted by atomic mass is 10.0. The monoisotopic (exact) mass is 398 g/mol. The van der Waals surface area contributed by atoms with E-state index in [4.69, 9.17) is 0 Å². The molecule has 0 aliphatic heterocycles. The molecule has 164 valence electrons. The van der Waals surface area contributed by atoms with Crippen LogP contribution in [0.3, 0.4) is 0 Å². The average Bonchev–Trinajstić information content (AvgIpc) is 2.68. The topological polar surface area (TPSA) is 0 Å². The lowest BCUT2D eigenvalue weighted by molar-refractivity contribution is 0.532. The summed E-state index contributed by atoms with van der Waals surface area (Å²) in [6, 6.07) is 0. The maximum Gasteiger partial charge on any atom is 0.00470 e. The molecule has 0 radical (unpaired) electrons. The van der Waals surface area contributed by atoms with Gasteiger partial charge in [0.15, 0.2) is 0 Å². The quantitative estimate of drug-likeness (QED) is 0.154. The van der Waals surface area contributed by atoms with Gasteiger partial charge in [0.1, 0.15) is 0 Å².